The van der Waals surface area contributed by atoms with Gasteiger partial charge in [0.05, 0.1) is 7.05 Å². The van der Waals surface area contributed by atoms with Crippen LogP contribution < -0.4 is 11.4 Å². The summed E-state index contributed by atoms with van der Waals surface area (Å²) in [6.07, 6.45) is 0. The molecular formula is C3H6N2O3. The fraction of sp³-hybridized carbons (Fsp3) is 0.333. The molecule has 0 amide bonds. The molecule has 0 atom stereocenters. The molecule has 1 N–H and O–H groups in total. The molecule has 46 valence electrons. The van der Waals surface area contributed by atoms with Crippen molar-refractivity contribution in [3.05, 3.63) is 21.0 Å². The number of hydrogen-bond acceptors (Lipinski definition) is 3. The summed E-state index contributed by atoms with van der Waals surface area (Å²) in [5.41, 5.74) is -0.532. The Morgan fingerprint density at radius 1 is 1.75 bits per heavy atom. The van der Waals surface area contributed by atoms with Crippen LogP contribution in [-0.2, 0) is 7.05 Å². The number of H-pyrrole nitrogens is 1. The molecule has 1 rings (SSSR count). The van der Waals surface area contributed by atoms with Crippen LogP contribution >= 0.6 is 0 Å². The van der Waals surface area contributed by atoms with Crippen LogP contribution in [0.4, 0.5) is 0 Å². The third-order valence-electron chi connectivity index (χ3n) is 0.715. The molecule has 1 heterocycles. The SMILES string of the molecule is Cn1oc(=O)[nH]c1=O.[HH]. The van der Waals surface area contributed by atoms with E-state index in [1.807, 2.05) is 4.98 Å². The lowest BCUT2D eigenvalue weighted by molar-refractivity contribution is 0.277. The van der Waals surface area contributed by atoms with Crippen LogP contribution in [0.2, 0.25) is 0 Å². The highest BCUT2D eigenvalue weighted by Crippen LogP contribution is 1.55. The second kappa shape index (κ2) is 1.36. The van der Waals surface area contributed by atoms with Crippen molar-refractivity contribution in [1.29, 1.82) is 0 Å². The van der Waals surface area contributed by atoms with Gasteiger partial charge in [-0.1, -0.05) is 0 Å². The van der Waals surface area contributed by atoms with Crippen LogP contribution in [-0.4, -0.2) is 9.72 Å². The monoisotopic (exact) mass is 118 g/mol. The zero-order chi connectivity index (χ0) is 6.15. The van der Waals surface area contributed by atoms with Gasteiger partial charge < -0.3 is 4.52 Å². The van der Waals surface area contributed by atoms with Crippen LogP contribution in [0.3, 0.4) is 0 Å². The van der Waals surface area contributed by atoms with Gasteiger partial charge in [-0.15, -0.1) is 0 Å². The maximum atomic E-state index is 10.3. The fourth-order valence-electron chi connectivity index (χ4n) is 0.355. The van der Waals surface area contributed by atoms with Gasteiger partial charge in [0.25, 0.3) is 0 Å². The molecule has 8 heavy (non-hydrogen) atoms. The zero-order valence-electron chi connectivity index (χ0n) is 4.17. The minimum Gasteiger partial charge on any atom is -0.317 e. The van der Waals surface area contributed by atoms with E-state index in [1.54, 1.807) is 0 Å². The normalized spacial score (nSPS) is 9.62. The highest BCUT2D eigenvalue weighted by Gasteiger charge is 1.91. The minimum atomic E-state index is -0.725. The van der Waals surface area contributed by atoms with E-state index in [9.17, 15) is 9.59 Å². The topological polar surface area (TPSA) is 68.0 Å². The van der Waals surface area contributed by atoms with Gasteiger partial charge in [0.15, 0.2) is 0 Å². The lowest BCUT2D eigenvalue weighted by atomic mass is 11.2. The number of rotatable bonds is 0. The van der Waals surface area contributed by atoms with Crippen LogP contribution in [0.5, 0.6) is 0 Å². The zero-order valence-corrected chi connectivity index (χ0v) is 4.17. The van der Waals surface area contributed by atoms with E-state index >= 15 is 0 Å². The van der Waals surface area contributed by atoms with Gasteiger partial charge in [0, 0.05) is 1.43 Å². The summed E-state index contributed by atoms with van der Waals surface area (Å²) in [7, 11) is 1.35. The molecule has 0 aliphatic heterocycles. The first kappa shape index (κ1) is 4.89. The molecule has 0 saturated carbocycles. The Kier molecular flexibility index (Phi) is 0.831. The Bertz CT molecular complexity index is 282. The number of nitrogens with zero attached hydrogens (tertiary/aromatic N) is 1. The van der Waals surface area contributed by atoms with Gasteiger partial charge in [-0.3, -0.25) is 0 Å². The molecule has 0 fully saturated rings. The molecule has 0 spiro atoms. The van der Waals surface area contributed by atoms with Gasteiger partial charge in [-0.25, -0.2) is 14.6 Å². The predicted molar refractivity (Wildman–Crippen MR) is 26.7 cm³/mol. The molecule has 1 aromatic rings. The summed E-state index contributed by atoms with van der Waals surface area (Å²) >= 11 is 0. The average Bonchev–Trinajstić information content (AvgIpc) is 1.85. The van der Waals surface area contributed by atoms with E-state index in [2.05, 4.69) is 4.52 Å². The maximum absolute atomic E-state index is 10.3. The van der Waals surface area contributed by atoms with Gasteiger partial charge in [-0.05, 0) is 0 Å². The molecule has 0 bridgehead atoms. The number of aryl methyl sites for hydroxylation is 1. The third-order valence-corrected chi connectivity index (χ3v) is 0.715. The van der Waals surface area contributed by atoms with Crippen molar-refractivity contribution in [3.63, 3.8) is 0 Å². The second-order valence-corrected chi connectivity index (χ2v) is 1.31. The summed E-state index contributed by atoms with van der Waals surface area (Å²) in [6, 6.07) is 0. The van der Waals surface area contributed by atoms with Crippen LogP contribution in [0.25, 0.3) is 0 Å². The van der Waals surface area contributed by atoms with Crippen molar-refractivity contribution in [2.45, 2.75) is 0 Å². The standard InChI is InChI=1S/C3H4N2O3.H2/c1-5-2(6)4-3(7)8-5;/h1H3,(H,4,6,7);1H. The van der Waals surface area contributed by atoms with Crippen LogP contribution in [0, 0.1) is 0 Å². The van der Waals surface area contributed by atoms with Crippen LogP contribution in [0.1, 0.15) is 1.43 Å². The van der Waals surface area contributed by atoms with Gasteiger partial charge >= 0.3 is 11.4 Å². The first-order valence-electron chi connectivity index (χ1n) is 1.97. The molecule has 0 radical (unpaired) electrons. The van der Waals surface area contributed by atoms with E-state index in [4.69, 9.17) is 0 Å². The molecule has 0 aliphatic carbocycles. The predicted octanol–water partition coefficient (Wildman–Crippen LogP) is -1.09. The summed E-state index contributed by atoms with van der Waals surface area (Å²) in [5.74, 6) is -0.725. The number of nitrogens with one attached hydrogen (secondary N) is 1. The molecule has 0 unspecified atom stereocenters. The van der Waals surface area contributed by atoms with E-state index in [0.717, 1.165) is 4.74 Å². The lowest BCUT2D eigenvalue weighted by Crippen LogP contribution is -2.12. The minimum absolute atomic E-state index is 0. The van der Waals surface area contributed by atoms with E-state index in [-0.39, 0.29) is 1.43 Å². The number of hydrogen-bond donors (Lipinski definition) is 1. The Labute approximate surface area is 45.0 Å². The third kappa shape index (κ3) is 0.575. The maximum Gasteiger partial charge on any atom is 0.440 e. The van der Waals surface area contributed by atoms with Crippen LogP contribution in [0.15, 0.2) is 14.1 Å². The summed E-state index contributed by atoms with van der Waals surface area (Å²) in [6.45, 7) is 0. The molecular weight excluding hydrogens is 112 g/mol. The summed E-state index contributed by atoms with van der Waals surface area (Å²) in [5, 5.41) is 0. The Hall–Kier alpha value is -1.26. The molecule has 0 aromatic carbocycles. The van der Waals surface area contributed by atoms with Gasteiger partial charge in [-0.2, -0.15) is 4.74 Å². The number of aromatic amines is 1. The van der Waals surface area contributed by atoms with Crippen molar-refractivity contribution < 1.29 is 5.95 Å². The van der Waals surface area contributed by atoms with Crippen molar-refractivity contribution in [2.24, 2.45) is 7.05 Å². The highest BCUT2D eigenvalue weighted by molar-refractivity contribution is 4.51. The van der Waals surface area contributed by atoms with E-state index < -0.39 is 11.4 Å². The molecule has 5 nitrogen and oxygen atoms in total. The number of aromatic nitrogens is 2. The highest BCUT2D eigenvalue weighted by atomic mass is 16.5. The quantitative estimate of drug-likeness (QED) is 0.470. The molecule has 0 aliphatic rings. The first-order valence-corrected chi connectivity index (χ1v) is 1.97. The molecule has 0 saturated heterocycles. The Morgan fingerprint density at radius 3 is 2.50 bits per heavy atom. The first-order chi connectivity index (χ1) is 3.70. The van der Waals surface area contributed by atoms with Gasteiger partial charge in [0.1, 0.15) is 0 Å². The fourth-order valence-corrected chi connectivity index (χ4v) is 0.355. The smallest absolute Gasteiger partial charge is 0.317 e. The Balaban J connectivity index is 0.000000640. The van der Waals surface area contributed by atoms with E-state index in [0.29, 0.717) is 0 Å². The van der Waals surface area contributed by atoms with Crippen molar-refractivity contribution >= 4 is 0 Å². The lowest BCUT2D eigenvalue weighted by Gasteiger charge is -1.74. The second-order valence-electron chi connectivity index (χ2n) is 1.31. The van der Waals surface area contributed by atoms with E-state index in [1.165, 1.54) is 7.05 Å². The van der Waals surface area contributed by atoms with Gasteiger partial charge in [0.2, 0.25) is 0 Å². The molecule has 5 heteroatoms. The Morgan fingerprint density at radius 2 is 2.38 bits per heavy atom. The molecule has 1 aromatic heterocycles. The summed E-state index contributed by atoms with van der Waals surface area (Å²) in [4.78, 5) is 22.2. The van der Waals surface area contributed by atoms with Crippen molar-refractivity contribution in [3.8, 4) is 0 Å². The van der Waals surface area contributed by atoms with Crippen molar-refractivity contribution in [2.75, 3.05) is 0 Å². The average molecular weight is 118 g/mol. The summed E-state index contributed by atoms with van der Waals surface area (Å²) < 4.78 is 5.03. The largest absolute Gasteiger partial charge is 0.440 e. The van der Waals surface area contributed by atoms with Crippen molar-refractivity contribution in [1.82, 2.24) is 9.72 Å².